The van der Waals surface area contributed by atoms with E-state index in [0.717, 1.165) is 0 Å². The largest absolute Gasteiger partial charge is 0.509 e. The third-order valence-corrected chi connectivity index (χ3v) is 2.94. The lowest BCUT2D eigenvalue weighted by Crippen LogP contribution is -2.30. The van der Waals surface area contributed by atoms with E-state index in [2.05, 4.69) is 5.32 Å². The summed E-state index contributed by atoms with van der Waals surface area (Å²) in [5.74, 6) is -3.05. The van der Waals surface area contributed by atoms with Crippen LogP contribution in [-0.4, -0.2) is 29.1 Å². The van der Waals surface area contributed by atoms with Gasteiger partial charge in [-0.15, -0.1) is 0 Å². The molecule has 8 heteroatoms. The van der Waals surface area contributed by atoms with Crippen LogP contribution >= 0.6 is 0 Å². The highest BCUT2D eigenvalue weighted by molar-refractivity contribution is 6.24. The zero-order valence-electron chi connectivity index (χ0n) is 10.8. The number of carbonyl (C=O) groups excluding carboxylic acids is 2. The summed E-state index contributed by atoms with van der Waals surface area (Å²) < 4.78 is 36.9. The number of benzene rings is 1. The second-order valence-corrected chi connectivity index (χ2v) is 4.45. The highest BCUT2D eigenvalue weighted by Gasteiger charge is 2.39. The molecule has 5 nitrogen and oxygen atoms in total. The monoisotopic (exact) mass is 300 g/mol. The summed E-state index contributed by atoms with van der Waals surface area (Å²) in [6.07, 6.45) is -5.05. The molecule has 0 spiro atoms. The van der Waals surface area contributed by atoms with Crippen molar-refractivity contribution in [2.45, 2.75) is 19.1 Å². The van der Waals surface area contributed by atoms with E-state index in [1.807, 2.05) is 0 Å². The van der Waals surface area contributed by atoms with Crippen LogP contribution in [0, 0.1) is 0 Å². The van der Waals surface area contributed by atoms with Gasteiger partial charge < -0.3 is 15.7 Å². The average Bonchev–Trinajstić information content (AvgIpc) is 2.63. The zero-order chi connectivity index (χ0) is 15.8. The number of carbonyl (C=O) groups is 2. The molecule has 2 amide bonds. The summed E-state index contributed by atoms with van der Waals surface area (Å²) in [5.41, 5.74) is -0.333. The second-order valence-electron chi connectivity index (χ2n) is 4.45. The van der Waals surface area contributed by atoms with Crippen LogP contribution in [0.2, 0.25) is 0 Å². The summed E-state index contributed by atoms with van der Waals surface area (Å²) in [7, 11) is 0. The maximum Gasteiger partial charge on any atom is 0.471 e. The first-order chi connectivity index (χ1) is 9.71. The molecule has 21 heavy (non-hydrogen) atoms. The fraction of sp³-hybridized carbons (Fsp3) is 0.231. The second kappa shape index (κ2) is 5.12. The van der Waals surface area contributed by atoms with Gasteiger partial charge in [-0.25, -0.2) is 0 Å². The fourth-order valence-corrected chi connectivity index (χ4v) is 1.93. The Morgan fingerprint density at radius 2 is 1.95 bits per heavy atom. The minimum Gasteiger partial charge on any atom is -0.509 e. The minimum absolute atomic E-state index is 0.0226. The van der Waals surface area contributed by atoms with Crippen LogP contribution in [-0.2, 0) is 9.59 Å². The van der Waals surface area contributed by atoms with Crippen molar-refractivity contribution in [1.29, 1.82) is 0 Å². The summed E-state index contributed by atoms with van der Waals surface area (Å²) in [4.78, 5) is 22.8. The van der Waals surface area contributed by atoms with Crippen molar-refractivity contribution >= 4 is 23.1 Å². The van der Waals surface area contributed by atoms with Crippen molar-refractivity contribution in [3.8, 4) is 0 Å². The molecular formula is C13H11F3N2O3. The van der Waals surface area contributed by atoms with Crippen molar-refractivity contribution in [3.05, 3.63) is 35.6 Å². The molecule has 0 radical (unpaired) electrons. The number of aliphatic hydroxyl groups is 1. The van der Waals surface area contributed by atoms with Gasteiger partial charge in [0.2, 0.25) is 0 Å². The highest BCUT2D eigenvalue weighted by Crippen LogP contribution is 2.31. The normalized spacial score (nSPS) is 18.7. The maximum absolute atomic E-state index is 12.3. The molecule has 1 aliphatic heterocycles. The number of rotatable bonds is 2. The summed E-state index contributed by atoms with van der Waals surface area (Å²) in [6, 6.07) is 4.81. The molecule has 1 heterocycles. The number of anilines is 1. The van der Waals surface area contributed by atoms with Crippen molar-refractivity contribution < 1.29 is 27.9 Å². The van der Waals surface area contributed by atoms with E-state index >= 15 is 0 Å². The number of hydrogen-bond donors (Lipinski definition) is 3. The minimum atomic E-state index is -5.05. The Bertz CT molecular complexity index is 638. The lowest BCUT2D eigenvalue weighted by Gasteiger charge is -2.12. The molecule has 112 valence electrons. The van der Waals surface area contributed by atoms with Crippen LogP contribution in [0.5, 0.6) is 0 Å². The van der Waals surface area contributed by atoms with Gasteiger partial charge in [-0.2, -0.15) is 13.2 Å². The molecule has 1 aromatic carbocycles. The Balaban J connectivity index is 2.44. The Morgan fingerprint density at radius 1 is 1.33 bits per heavy atom. The molecular weight excluding hydrogens is 289 g/mol. The van der Waals surface area contributed by atoms with Crippen LogP contribution in [0.25, 0.3) is 5.57 Å². The van der Waals surface area contributed by atoms with Crippen LogP contribution in [0.4, 0.5) is 18.9 Å². The van der Waals surface area contributed by atoms with Gasteiger partial charge in [0.05, 0.1) is 11.6 Å². The molecule has 0 unspecified atom stereocenters. The van der Waals surface area contributed by atoms with Crippen molar-refractivity contribution in [2.75, 3.05) is 5.32 Å². The summed E-state index contributed by atoms with van der Waals surface area (Å²) in [6.45, 7) is 1.52. The molecule has 0 saturated carbocycles. The summed E-state index contributed by atoms with van der Waals surface area (Å²) >= 11 is 0. The Hall–Kier alpha value is -2.51. The zero-order valence-corrected chi connectivity index (χ0v) is 10.8. The molecule has 0 aromatic heterocycles. The van der Waals surface area contributed by atoms with Gasteiger partial charge in [-0.05, 0) is 13.0 Å². The number of alkyl halides is 3. The molecule has 0 saturated heterocycles. The van der Waals surface area contributed by atoms with Gasteiger partial charge in [0.15, 0.2) is 0 Å². The number of nitrogens with one attached hydrogen (secondary N) is 2. The maximum atomic E-state index is 12.3. The van der Waals surface area contributed by atoms with Gasteiger partial charge in [-0.1, -0.05) is 18.2 Å². The Kier molecular flexibility index (Phi) is 3.63. The van der Waals surface area contributed by atoms with E-state index in [4.69, 9.17) is 0 Å². The van der Waals surface area contributed by atoms with Crippen LogP contribution < -0.4 is 10.6 Å². The first-order valence-corrected chi connectivity index (χ1v) is 5.93. The SMILES string of the molecule is C[C@@H]1NC(=O)C(c2ccccc2NC(=O)C(F)(F)F)=C1O. The number of amides is 2. The molecule has 0 bridgehead atoms. The van der Waals surface area contributed by atoms with Gasteiger partial charge in [0.25, 0.3) is 5.91 Å². The van der Waals surface area contributed by atoms with E-state index in [9.17, 15) is 27.9 Å². The van der Waals surface area contributed by atoms with E-state index in [1.54, 1.807) is 5.32 Å². The lowest BCUT2D eigenvalue weighted by atomic mass is 10.0. The molecule has 1 aromatic rings. The fourth-order valence-electron chi connectivity index (χ4n) is 1.93. The van der Waals surface area contributed by atoms with Crippen molar-refractivity contribution in [2.24, 2.45) is 0 Å². The molecule has 1 atom stereocenters. The topological polar surface area (TPSA) is 78.4 Å². The number of hydrogen-bond acceptors (Lipinski definition) is 3. The molecule has 0 aliphatic carbocycles. The number of para-hydroxylation sites is 1. The van der Waals surface area contributed by atoms with Crippen LogP contribution in [0.1, 0.15) is 12.5 Å². The first-order valence-electron chi connectivity index (χ1n) is 5.93. The predicted molar refractivity (Wildman–Crippen MR) is 68.3 cm³/mol. The van der Waals surface area contributed by atoms with Crippen molar-refractivity contribution in [1.82, 2.24) is 5.32 Å². The van der Waals surface area contributed by atoms with E-state index in [-0.39, 0.29) is 22.6 Å². The van der Waals surface area contributed by atoms with Crippen LogP contribution in [0.3, 0.4) is 0 Å². The quantitative estimate of drug-likeness (QED) is 0.781. The van der Waals surface area contributed by atoms with E-state index in [1.165, 1.54) is 31.2 Å². The third kappa shape index (κ3) is 2.83. The molecule has 2 rings (SSSR count). The van der Waals surface area contributed by atoms with Crippen LogP contribution in [0.15, 0.2) is 30.0 Å². The van der Waals surface area contributed by atoms with Gasteiger partial charge in [-0.3, -0.25) is 9.59 Å². The van der Waals surface area contributed by atoms with Crippen molar-refractivity contribution in [3.63, 3.8) is 0 Å². The Labute approximate surface area is 117 Å². The van der Waals surface area contributed by atoms with Gasteiger partial charge in [0, 0.05) is 11.3 Å². The van der Waals surface area contributed by atoms with E-state index in [0.29, 0.717) is 0 Å². The molecule has 1 aliphatic rings. The average molecular weight is 300 g/mol. The number of aliphatic hydroxyl groups excluding tert-OH is 1. The molecule has 3 N–H and O–H groups in total. The Morgan fingerprint density at radius 3 is 2.48 bits per heavy atom. The lowest BCUT2D eigenvalue weighted by molar-refractivity contribution is -0.167. The predicted octanol–water partition coefficient (Wildman–Crippen LogP) is 1.97. The first kappa shape index (κ1) is 14.9. The smallest absolute Gasteiger partial charge is 0.471 e. The number of halogens is 3. The standard InChI is InChI=1S/C13H11F3N2O3/c1-6-10(19)9(11(20)17-6)7-4-2-3-5-8(7)18-12(21)13(14,15)16/h2-6,19H,1H3,(H,17,20)(H,18,21)/t6-/m0/s1. The van der Waals surface area contributed by atoms with Gasteiger partial charge in [0.1, 0.15) is 5.76 Å². The van der Waals surface area contributed by atoms with Gasteiger partial charge >= 0.3 is 12.1 Å². The molecule has 0 fully saturated rings. The third-order valence-electron chi connectivity index (χ3n) is 2.94. The van der Waals surface area contributed by atoms with E-state index < -0.39 is 24.0 Å². The summed E-state index contributed by atoms with van der Waals surface area (Å²) in [5, 5.41) is 14.0. The highest BCUT2D eigenvalue weighted by atomic mass is 19.4.